The molecule has 2 atom stereocenters. The molecule has 0 unspecified atom stereocenters. The van der Waals surface area contributed by atoms with Gasteiger partial charge in [0.2, 0.25) is 0 Å². The molecule has 1 rings (SSSR count). The van der Waals surface area contributed by atoms with E-state index in [-0.39, 0.29) is 13.2 Å². The van der Waals surface area contributed by atoms with Gasteiger partial charge in [0.05, 0.1) is 20.3 Å². The Hall–Kier alpha value is -1.86. The molecule has 0 aliphatic rings. The summed E-state index contributed by atoms with van der Waals surface area (Å²) in [6, 6.07) is 9.12. The first-order valence-corrected chi connectivity index (χ1v) is 6.47. The van der Waals surface area contributed by atoms with Crippen molar-refractivity contribution in [2.24, 2.45) is 5.92 Å². The third-order valence-electron chi connectivity index (χ3n) is 2.83. The zero-order valence-corrected chi connectivity index (χ0v) is 11.9. The van der Waals surface area contributed by atoms with Crippen molar-refractivity contribution in [3.63, 3.8) is 0 Å². The number of esters is 1. The van der Waals surface area contributed by atoms with Gasteiger partial charge in [-0.2, -0.15) is 13.2 Å². The molecule has 1 aromatic carbocycles. The van der Waals surface area contributed by atoms with E-state index in [2.05, 4.69) is 4.74 Å². The lowest BCUT2D eigenvalue weighted by Gasteiger charge is -2.20. The molecule has 0 aliphatic heterocycles. The van der Waals surface area contributed by atoms with Crippen molar-refractivity contribution in [1.82, 2.24) is 0 Å². The van der Waals surface area contributed by atoms with Crippen molar-refractivity contribution < 1.29 is 32.5 Å². The van der Waals surface area contributed by atoms with Gasteiger partial charge in [-0.3, -0.25) is 0 Å². The molecule has 0 spiro atoms. The third-order valence-corrected chi connectivity index (χ3v) is 2.83. The van der Waals surface area contributed by atoms with Gasteiger partial charge in [-0.05, 0) is 5.56 Å². The van der Waals surface area contributed by atoms with Crippen LogP contribution in [0.4, 0.5) is 13.2 Å². The smallest absolute Gasteiger partial charge is 0.398 e. The van der Waals surface area contributed by atoms with Crippen LogP contribution in [0.25, 0.3) is 0 Å². The van der Waals surface area contributed by atoms with Crippen LogP contribution in [0.5, 0.6) is 0 Å². The topological polar surface area (TPSA) is 55.8 Å². The van der Waals surface area contributed by atoms with E-state index in [1.54, 1.807) is 0 Å². The SMILES string of the molecule is COC(=O)[C@@H](O)[C@@H](/C=C/COCc1ccccc1)C(F)(F)F. The Bertz CT molecular complexity index is 485. The second kappa shape index (κ2) is 8.55. The largest absolute Gasteiger partial charge is 0.467 e. The normalized spacial score (nSPS) is 14.8. The number of ether oxygens (including phenoxy) is 2. The van der Waals surface area contributed by atoms with Crippen molar-refractivity contribution in [2.45, 2.75) is 18.9 Å². The standard InChI is InChI=1S/C15H17F3O4/c1-21-14(20)13(19)12(15(16,17)18)8-5-9-22-10-11-6-3-2-4-7-11/h2-8,12-13,19H,9-10H2,1H3/b8-5+/t12-,13+/m1/s1. The van der Waals surface area contributed by atoms with Gasteiger partial charge in [0, 0.05) is 0 Å². The molecule has 0 heterocycles. The summed E-state index contributed by atoms with van der Waals surface area (Å²) in [6.45, 7) is 0.177. The predicted octanol–water partition coefficient (Wildman–Crippen LogP) is 2.47. The molecule has 1 aromatic rings. The lowest BCUT2D eigenvalue weighted by atomic mass is 10.0. The summed E-state index contributed by atoms with van der Waals surface area (Å²) in [5.41, 5.74) is 0.887. The van der Waals surface area contributed by atoms with Gasteiger partial charge < -0.3 is 14.6 Å². The fraction of sp³-hybridized carbons (Fsp3) is 0.400. The number of hydrogen-bond donors (Lipinski definition) is 1. The van der Waals surface area contributed by atoms with E-state index in [0.717, 1.165) is 18.7 Å². The minimum absolute atomic E-state index is 0.0740. The third kappa shape index (κ3) is 5.87. The van der Waals surface area contributed by atoms with E-state index in [0.29, 0.717) is 6.08 Å². The van der Waals surface area contributed by atoms with Crippen LogP contribution in [-0.4, -0.2) is 37.1 Å². The summed E-state index contributed by atoms with van der Waals surface area (Å²) in [5.74, 6) is -3.67. The predicted molar refractivity (Wildman–Crippen MR) is 72.8 cm³/mol. The molecule has 22 heavy (non-hydrogen) atoms. The maximum Gasteiger partial charge on any atom is 0.398 e. The maximum absolute atomic E-state index is 12.8. The van der Waals surface area contributed by atoms with Crippen molar-refractivity contribution in [3.8, 4) is 0 Å². The molecule has 4 nitrogen and oxygen atoms in total. The fourth-order valence-corrected chi connectivity index (χ4v) is 1.68. The van der Waals surface area contributed by atoms with E-state index >= 15 is 0 Å². The molecule has 122 valence electrons. The van der Waals surface area contributed by atoms with Crippen molar-refractivity contribution in [3.05, 3.63) is 48.0 Å². The number of carbonyl (C=O) groups is 1. The molecular formula is C15H17F3O4. The lowest BCUT2D eigenvalue weighted by molar-refractivity contribution is -0.196. The van der Waals surface area contributed by atoms with Gasteiger partial charge in [-0.15, -0.1) is 0 Å². The van der Waals surface area contributed by atoms with Gasteiger partial charge in [0.25, 0.3) is 0 Å². The maximum atomic E-state index is 12.8. The zero-order chi connectivity index (χ0) is 16.6. The van der Waals surface area contributed by atoms with Crippen molar-refractivity contribution >= 4 is 5.97 Å². The van der Waals surface area contributed by atoms with Crippen LogP contribution in [0.3, 0.4) is 0 Å². The zero-order valence-electron chi connectivity index (χ0n) is 11.9. The number of rotatable bonds is 7. The molecule has 0 aliphatic carbocycles. The van der Waals surface area contributed by atoms with Gasteiger partial charge in [-0.1, -0.05) is 42.5 Å². The lowest BCUT2D eigenvalue weighted by Crippen LogP contribution is -2.38. The highest BCUT2D eigenvalue weighted by Gasteiger charge is 2.45. The fourth-order valence-electron chi connectivity index (χ4n) is 1.68. The monoisotopic (exact) mass is 318 g/mol. The van der Waals surface area contributed by atoms with Crippen LogP contribution < -0.4 is 0 Å². The van der Waals surface area contributed by atoms with Gasteiger partial charge >= 0.3 is 12.1 Å². The summed E-state index contributed by atoms with van der Waals surface area (Å²) < 4.78 is 47.7. The molecule has 0 fully saturated rings. The van der Waals surface area contributed by atoms with Crippen LogP contribution in [0.1, 0.15) is 5.56 Å². The highest BCUT2D eigenvalue weighted by molar-refractivity contribution is 5.75. The first-order chi connectivity index (χ1) is 10.4. The minimum atomic E-state index is -4.76. The van der Waals surface area contributed by atoms with Crippen LogP contribution >= 0.6 is 0 Å². The van der Waals surface area contributed by atoms with Gasteiger partial charge in [-0.25, -0.2) is 4.79 Å². The van der Waals surface area contributed by atoms with Crippen LogP contribution in [0.2, 0.25) is 0 Å². The van der Waals surface area contributed by atoms with E-state index < -0.39 is 24.2 Å². The second-order valence-corrected chi connectivity index (χ2v) is 4.46. The Morgan fingerprint density at radius 3 is 2.50 bits per heavy atom. The number of aliphatic hydroxyl groups excluding tert-OH is 1. The number of alkyl halides is 3. The average Bonchev–Trinajstić information content (AvgIpc) is 2.49. The second-order valence-electron chi connectivity index (χ2n) is 4.46. The summed E-state index contributed by atoms with van der Waals surface area (Å²) in [5, 5.41) is 9.36. The molecule has 0 bridgehead atoms. The summed E-state index contributed by atoms with van der Waals surface area (Å²) in [4.78, 5) is 11.0. The Morgan fingerprint density at radius 2 is 1.95 bits per heavy atom. The Balaban J connectivity index is 2.53. The van der Waals surface area contributed by atoms with Crippen molar-refractivity contribution in [2.75, 3.05) is 13.7 Å². The molecule has 0 saturated heterocycles. The molecule has 0 aromatic heterocycles. The molecule has 0 radical (unpaired) electrons. The molecule has 0 saturated carbocycles. The van der Waals surface area contributed by atoms with Crippen molar-refractivity contribution in [1.29, 1.82) is 0 Å². The first-order valence-electron chi connectivity index (χ1n) is 6.47. The average molecular weight is 318 g/mol. The van der Waals surface area contributed by atoms with E-state index in [1.165, 1.54) is 0 Å². The molecule has 1 N–H and O–H groups in total. The number of benzene rings is 1. The highest BCUT2D eigenvalue weighted by atomic mass is 19.4. The Kier molecular flexibility index (Phi) is 7.07. The first kappa shape index (κ1) is 18.2. The van der Waals surface area contributed by atoms with Crippen LogP contribution in [0, 0.1) is 5.92 Å². The quantitative estimate of drug-likeness (QED) is 0.477. The Morgan fingerprint density at radius 1 is 1.32 bits per heavy atom. The summed E-state index contributed by atoms with van der Waals surface area (Å²) in [6.07, 6.45) is -5.24. The summed E-state index contributed by atoms with van der Waals surface area (Å²) >= 11 is 0. The molecule has 7 heteroatoms. The number of carbonyl (C=O) groups excluding carboxylic acids is 1. The van der Waals surface area contributed by atoms with Crippen LogP contribution in [-0.2, 0) is 20.9 Å². The molecule has 0 amide bonds. The van der Waals surface area contributed by atoms with Gasteiger partial charge in [0.1, 0.15) is 5.92 Å². The van der Waals surface area contributed by atoms with Gasteiger partial charge in [0.15, 0.2) is 6.10 Å². The highest BCUT2D eigenvalue weighted by Crippen LogP contribution is 2.30. The minimum Gasteiger partial charge on any atom is -0.467 e. The van der Waals surface area contributed by atoms with E-state index in [4.69, 9.17) is 4.74 Å². The number of aliphatic hydroxyl groups is 1. The number of halogens is 3. The number of methoxy groups -OCH3 is 1. The van der Waals surface area contributed by atoms with Crippen LogP contribution in [0.15, 0.2) is 42.5 Å². The Labute approximate surface area is 126 Å². The molecular weight excluding hydrogens is 301 g/mol. The van der Waals surface area contributed by atoms with E-state index in [1.807, 2.05) is 30.3 Å². The van der Waals surface area contributed by atoms with E-state index in [9.17, 15) is 23.1 Å². The summed E-state index contributed by atoms with van der Waals surface area (Å²) in [7, 11) is 0.908. The number of hydrogen-bond acceptors (Lipinski definition) is 4.